The first-order chi connectivity index (χ1) is 7.43. The van der Waals surface area contributed by atoms with Gasteiger partial charge in [-0.3, -0.25) is 0 Å². The highest BCUT2D eigenvalue weighted by Crippen LogP contribution is 2.37. The summed E-state index contributed by atoms with van der Waals surface area (Å²) in [7, 11) is -0.761. The van der Waals surface area contributed by atoms with Crippen LogP contribution in [0.1, 0.15) is 0 Å². The van der Waals surface area contributed by atoms with Crippen LogP contribution < -0.4 is 14.2 Å². The Bertz CT molecular complexity index is 454. The number of rotatable bonds is 4. The summed E-state index contributed by atoms with van der Waals surface area (Å²) in [5.74, 6) is 0.124. The van der Waals surface area contributed by atoms with Crippen molar-refractivity contribution >= 4 is 10.1 Å². The standard InChI is InChI=1S/C9H12O6S/c1-13-6-4-7(14-2)9(16(10,11)12)8(5-6)15-3/h4-5H,1-3H3,(H,10,11,12)/p-1. The summed E-state index contributed by atoms with van der Waals surface area (Å²) in [6.07, 6.45) is 0. The fourth-order valence-electron chi connectivity index (χ4n) is 1.22. The highest BCUT2D eigenvalue weighted by atomic mass is 32.2. The topological polar surface area (TPSA) is 84.9 Å². The molecule has 1 rings (SSSR count). The summed E-state index contributed by atoms with van der Waals surface area (Å²) in [5.41, 5.74) is 0. The van der Waals surface area contributed by atoms with E-state index in [1.165, 1.54) is 33.5 Å². The molecule has 0 fully saturated rings. The van der Waals surface area contributed by atoms with Gasteiger partial charge < -0.3 is 18.8 Å². The molecule has 0 radical (unpaired) electrons. The normalized spacial score (nSPS) is 11.0. The van der Waals surface area contributed by atoms with Crippen molar-refractivity contribution in [2.24, 2.45) is 0 Å². The quantitative estimate of drug-likeness (QED) is 0.725. The van der Waals surface area contributed by atoms with E-state index >= 15 is 0 Å². The zero-order valence-corrected chi connectivity index (χ0v) is 9.83. The Kier molecular flexibility index (Phi) is 3.61. The van der Waals surface area contributed by atoms with Gasteiger partial charge in [0.2, 0.25) is 0 Å². The zero-order valence-electron chi connectivity index (χ0n) is 9.01. The van der Waals surface area contributed by atoms with E-state index < -0.39 is 15.0 Å². The van der Waals surface area contributed by atoms with Crippen LogP contribution in [0.4, 0.5) is 0 Å². The molecule has 0 aromatic heterocycles. The maximum atomic E-state index is 11.0. The van der Waals surface area contributed by atoms with Gasteiger partial charge in [0.15, 0.2) is 0 Å². The van der Waals surface area contributed by atoms with Crippen molar-refractivity contribution in [3.05, 3.63) is 12.1 Å². The van der Waals surface area contributed by atoms with E-state index in [1.54, 1.807) is 0 Å². The van der Waals surface area contributed by atoms with Crippen LogP contribution >= 0.6 is 0 Å². The second-order valence-electron chi connectivity index (χ2n) is 2.82. The van der Waals surface area contributed by atoms with Crippen molar-refractivity contribution in [1.29, 1.82) is 0 Å². The van der Waals surface area contributed by atoms with E-state index in [9.17, 15) is 13.0 Å². The molecule has 1 aromatic carbocycles. The van der Waals surface area contributed by atoms with Crippen LogP contribution in [-0.4, -0.2) is 34.3 Å². The minimum absolute atomic E-state index is 0.105. The van der Waals surface area contributed by atoms with Gasteiger partial charge in [0.1, 0.15) is 32.3 Å². The van der Waals surface area contributed by atoms with Crippen molar-refractivity contribution in [2.75, 3.05) is 21.3 Å². The van der Waals surface area contributed by atoms with Crippen LogP contribution in [0.2, 0.25) is 0 Å². The second kappa shape index (κ2) is 4.58. The first-order valence-corrected chi connectivity index (χ1v) is 5.60. The van der Waals surface area contributed by atoms with Crippen LogP contribution in [0.15, 0.2) is 17.0 Å². The van der Waals surface area contributed by atoms with Crippen molar-refractivity contribution in [2.45, 2.75) is 4.90 Å². The minimum atomic E-state index is -4.67. The largest absolute Gasteiger partial charge is 0.744 e. The van der Waals surface area contributed by atoms with Crippen LogP contribution in [0.5, 0.6) is 17.2 Å². The van der Waals surface area contributed by atoms with Gasteiger partial charge in [-0.05, 0) is 0 Å². The van der Waals surface area contributed by atoms with E-state index in [1.807, 2.05) is 0 Å². The van der Waals surface area contributed by atoms with Gasteiger partial charge in [0.25, 0.3) is 0 Å². The molecule has 0 N–H and O–H groups in total. The van der Waals surface area contributed by atoms with E-state index in [-0.39, 0.29) is 11.5 Å². The summed E-state index contributed by atoms with van der Waals surface area (Å²) < 4.78 is 47.7. The van der Waals surface area contributed by atoms with Crippen LogP contribution in [0, 0.1) is 0 Å². The molecule has 0 spiro atoms. The highest BCUT2D eigenvalue weighted by Gasteiger charge is 2.18. The molecule has 0 atom stereocenters. The third kappa shape index (κ3) is 2.37. The maximum Gasteiger partial charge on any atom is 0.143 e. The van der Waals surface area contributed by atoms with Crippen molar-refractivity contribution in [1.82, 2.24) is 0 Å². The molecule has 0 saturated carbocycles. The number of methoxy groups -OCH3 is 3. The fraction of sp³-hybridized carbons (Fsp3) is 0.333. The average Bonchev–Trinajstić information content (AvgIpc) is 2.25. The van der Waals surface area contributed by atoms with Crippen molar-refractivity contribution in [3.63, 3.8) is 0 Å². The Hall–Kier alpha value is -1.47. The first kappa shape index (κ1) is 12.6. The van der Waals surface area contributed by atoms with E-state index in [0.717, 1.165) is 0 Å². The molecule has 0 unspecified atom stereocenters. The number of hydrogen-bond acceptors (Lipinski definition) is 6. The van der Waals surface area contributed by atoms with Gasteiger partial charge in [-0.2, -0.15) is 0 Å². The molecule has 0 saturated heterocycles. The number of benzene rings is 1. The zero-order chi connectivity index (χ0) is 12.3. The predicted octanol–water partition coefficient (Wildman–Crippen LogP) is 0.617. The Balaban J connectivity index is 3.57. The molecule has 90 valence electrons. The predicted molar refractivity (Wildman–Crippen MR) is 54.1 cm³/mol. The monoisotopic (exact) mass is 247 g/mol. The molecule has 0 aliphatic carbocycles. The molecule has 16 heavy (non-hydrogen) atoms. The Morgan fingerprint density at radius 2 is 1.44 bits per heavy atom. The lowest BCUT2D eigenvalue weighted by molar-refractivity contribution is 0.353. The Morgan fingerprint density at radius 1 is 1.00 bits per heavy atom. The van der Waals surface area contributed by atoms with Gasteiger partial charge >= 0.3 is 0 Å². The second-order valence-corrected chi connectivity index (χ2v) is 4.13. The summed E-state index contributed by atoms with van der Waals surface area (Å²) in [6, 6.07) is 2.60. The summed E-state index contributed by atoms with van der Waals surface area (Å²) in [6.45, 7) is 0. The third-order valence-electron chi connectivity index (χ3n) is 1.92. The van der Waals surface area contributed by atoms with E-state index in [2.05, 4.69) is 0 Å². The average molecular weight is 247 g/mol. The summed E-state index contributed by atoms with van der Waals surface area (Å²) >= 11 is 0. The van der Waals surface area contributed by atoms with Gasteiger partial charge in [-0.25, -0.2) is 8.42 Å². The Labute approximate surface area is 93.5 Å². The molecule has 0 aliphatic heterocycles. The molecule has 0 aliphatic rings. The summed E-state index contributed by atoms with van der Waals surface area (Å²) in [4.78, 5) is -0.529. The molecular formula is C9H11O6S-. The van der Waals surface area contributed by atoms with Crippen LogP contribution in [-0.2, 0) is 10.1 Å². The highest BCUT2D eigenvalue weighted by molar-refractivity contribution is 7.86. The fourth-order valence-corrected chi connectivity index (χ4v) is 2.00. The van der Waals surface area contributed by atoms with E-state index in [0.29, 0.717) is 5.75 Å². The molecule has 0 amide bonds. The number of hydrogen-bond donors (Lipinski definition) is 0. The minimum Gasteiger partial charge on any atom is -0.744 e. The molecule has 7 heteroatoms. The van der Waals surface area contributed by atoms with Crippen molar-refractivity contribution in [3.8, 4) is 17.2 Å². The third-order valence-corrected chi connectivity index (χ3v) is 2.82. The smallest absolute Gasteiger partial charge is 0.143 e. The number of ether oxygens (including phenoxy) is 3. The summed E-state index contributed by atoms with van der Waals surface area (Å²) in [5, 5.41) is 0. The first-order valence-electron chi connectivity index (χ1n) is 4.20. The molecule has 6 nitrogen and oxygen atoms in total. The van der Waals surface area contributed by atoms with Gasteiger partial charge in [-0.15, -0.1) is 0 Å². The van der Waals surface area contributed by atoms with Gasteiger partial charge in [-0.1, -0.05) is 0 Å². The van der Waals surface area contributed by atoms with E-state index in [4.69, 9.17) is 14.2 Å². The molecule has 0 heterocycles. The molecule has 0 bridgehead atoms. The van der Waals surface area contributed by atoms with Crippen LogP contribution in [0.3, 0.4) is 0 Å². The lowest BCUT2D eigenvalue weighted by Gasteiger charge is -2.16. The van der Waals surface area contributed by atoms with Gasteiger partial charge in [0.05, 0.1) is 21.3 Å². The van der Waals surface area contributed by atoms with Gasteiger partial charge in [0, 0.05) is 12.1 Å². The van der Waals surface area contributed by atoms with Crippen LogP contribution in [0.25, 0.3) is 0 Å². The SMILES string of the molecule is COc1cc(OC)c(S(=O)(=O)[O-])c(OC)c1. The maximum absolute atomic E-state index is 11.0. The molecule has 1 aromatic rings. The lowest BCUT2D eigenvalue weighted by atomic mass is 10.3. The lowest BCUT2D eigenvalue weighted by Crippen LogP contribution is -2.05. The van der Waals surface area contributed by atoms with Crippen molar-refractivity contribution < 1.29 is 27.2 Å². The Morgan fingerprint density at radius 3 is 1.69 bits per heavy atom. The molecular weight excluding hydrogens is 236 g/mol.